The fraction of sp³-hybridized carbons (Fsp3) is 0.500. The van der Waals surface area contributed by atoms with Gasteiger partial charge in [-0.05, 0) is 32.8 Å². The maximum atomic E-state index is 12.3. The molecule has 2 N–H and O–H groups in total. The van der Waals surface area contributed by atoms with Gasteiger partial charge >= 0.3 is 11.9 Å². The maximum absolute atomic E-state index is 12.3. The van der Waals surface area contributed by atoms with E-state index in [9.17, 15) is 19.8 Å². The van der Waals surface area contributed by atoms with Gasteiger partial charge in [-0.3, -0.25) is 9.59 Å². The molecule has 1 atom stereocenters. The Hall–Kier alpha value is -1.88. The van der Waals surface area contributed by atoms with Crippen LogP contribution in [0, 0.1) is 5.41 Å². The van der Waals surface area contributed by atoms with Crippen molar-refractivity contribution in [1.82, 2.24) is 0 Å². The van der Waals surface area contributed by atoms with Gasteiger partial charge < -0.3 is 14.9 Å². The molecule has 0 aromatic heterocycles. The van der Waals surface area contributed by atoms with E-state index in [1.54, 1.807) is 31.2 Å². The Bertz CT molecular complexity index is 489. The van der Waals surface area contributed by atoms with E-state index in [-0.39, 0.29) is 19.4 Å². The maximum Gasteiger partial charge on any atom is 0.323 e. The minimum absolute atomic E-state index is 0.0218. The first kappa shape index (κ1) is 17.2. The van der Waals surface area contributed by atoms with Gasteiger partial charge in [0.1, 0.15) is 0 Å². The highest BCUT2D eigenvalue weighted by atomic mass is 16.5. The van der Waals surface area contributed by atoms with Crippen molar-refractivity contribution in [2.45, 2.75) is 39.2 Å². The Morgan fingerprint density at radius 1 is 1.19 bits per heavy atom. The first-order chi connectivity index (χ1) is 9.71. The monoisotopic (exact) mass is 294 g/mol. The summed E-state index contributed by atoms with van der Waals surface area (Å²) in [5, 5.41) is 19.7. The number of hydrogen-bond acceptors (Lipinski definition) is 4. The molecule has 0 saturated carbocycles. The van der Waals surface area contributed by atoms with E-state index in [1.165, 1.54) is 13.8 Å². The van der Waals surface area contributed by atoms with Gasteiger partial charge in [-0.25, -0.2) is 0 Å². The van der Waals surface area contributed by atoms with E-state index in [4.69, 9.17) is 4.74 Å². The number of rotatable bonds is 7. The lowest BCUT2D eigenvalue weighted by Gasteiger charge is -2.32. The fourth-order valence-electron chi connectivity index (χ4n) is 2.40. The number of carbonyl (C=O) groups is 2. The van der Waals surface area contributed by atoms with Crippen molar-refractivity contribution in [2.75, 3.05) is 6.61 Å². The van der Waals surface area contributed by atoms with Crippen LogP contribution in [0.5, 0.6) is 0 Å². The molecule has 0 fully saturated rings. The third-order valence-electron chi connectivity index (χ3n) is 3.16. The largest absolute Gasteiger partial charge is 0.480 e. The second kappa shape index (κ2) is 6.72. The average Bonchev–Trinajstić information content (AvgIpc) is 2.37. The second-order valence-electron chi connectivity index (χ2n) is 5.76. The zero-order valence-corrected chi connectivity index (χ0v) is 12.6. The molecule has 1 aromatic rings. The normalized spacial score (nSPS) is 14.3. The molecule has 0 heterocycles. The van der Waals surface area contributed by atoms with E-state index in [1.807, 2.05) is 6.07 Å². The Morgan fingerprint density at radius 2 is 1.76 bits per heavy atom. The first-order valence-corrected chi connectivity index (χ1v) is 6.88. The van der Waals surface area contributed by atoms with Crippen molar-refractivity contribution in [3.05, 3.63) is 35.9 Å². The van der Waals surface area contributed by atoms with Gasteiger partial charge in [0, 0.05) is 6.42 Å². The average molecular weight is 294 g/mol. The summed E-state index contributed by atoms with van der Waals surface area (Å²) in [6, 6.07) is 8.86. The van der Waals surface area contributed by atoms with Gasteiger partial charge in [-0.1, -0.05) is 30.3 Å². The molecule has 0 radical (unpaired) electrons. The van der Waals surface area contributed by atoms with Crippen LogP contribution in [0.1, 0.15) is 32.8 Å². The molecule has 0 spiro atoms. The van der Waals surface area contributed by atoms with Crippen LogP contribution in [-0.2, 0) is 20.7 Å². The molecule has 0 aliphatic carbocycles. The summed E-state index contributed by atoms with van der Waals surface area (Å²) in [7, 11) is 0. The standard InChI is InChI=1S/C16H22O5/c1-4-21-14(19)16(13(17)18,11-15(2,3)20)10-12-8-6-5-7-9-12/h5-9,20H,4,10-11H2,1-3H3,(H,17,18). The topological polar surface area (TPSA) is 83.8 Å². The highest BCUT2D eigenvalue weighted by molar-refractivity contribution is 5.99. The molecule has 5 nitrogen and oxygen atoms in total. The number of ether oxygens (including phenoxy) is 1. The van der Waals surface area contributed by atoms with Gasteiger partial charge in [-0.2, -0.15) is 0 Å². The zero-order valence-electron chi connectivity index (χ0n) is 12.6. The molecule has 1 unspecified atom stereocenters. The number of carboxylic acid groups (broad SMARTS) is 1. The SMILES string of the molecule is CCOC(=O)C(Cc1ccccc1)(CC(C)(C)O)C(=O)O. The number of esters is 1. The summed E-state index contributed by atoms with van der Waals surface area (Å²) >= 11 is 0. The molecular formula is C16H22O5. The van der Waals surface area contributed by atoms with Crippen LogP contribution in [0.4, 0.5) is 0 Å². The summed E-state index contributed by atoms with van der Waals surface area (Å²) < 4.78 is 4.96. The van der Waals surface area contributed by atoms with Crippen LogP contribution < -0.4 is 0 Å². The van der Waals surface area contributed by atoms with Crippen molar-refractivity contribution in [1.29, 1.82) is 0 Å². The van der Waals surface area contributed by atoms with Crippen LogP contribution in [0.3, 0.4) is 0 Å². The number of aliphatic hydroxyl groups is 1. The van der Waals surface area contributed by atoms with Crippen LogP contribution >= 0.6 is 0 Å². The lowest BCUT2D eigenvalue weighted by atomic mass is 9.74. The molecule has 116 valence electrons. The van der Waals surface area contributed by atoms with Crippen molar-refractivity contribution in [3.8, 4) is 0 Å². The first-order valence-electron chi connectivity index (χ1n) is 6.88. The number of carbonyl (C=O) groups excluding carboxylic acids is 1. The van der Waals surface area contributed by atoms with Crippen molar-refractivity contribution < 1.29 is 24.5 Å². The van der Waals surface area contributed by atoms with Gasteiger partial charge in [-0.15, -0.1) is 0 Å². The smallest absolute Gasteiger partial charge is 0.323 e. The third-order valence-corrected chi connectivity index (χ3v) is 3.16. The molecule has 0 saturated heterocycles. The van der Waals surface area contributed by atoms with Crippen molar-refractivity contribution in [2.24, 2.45) is 5.41 Å². The summed E-state index contributed by atoms with van der Waals surface area (Å²) in [6.07, 6.45) is -0.241. The number of hydrogen-bond donors (Lipinski definition) is 2. The van der Waals surface area contributed by atoms with Crippen LogP contribution in [0.25, 0.3) is 0 Å². The van der Waals surface area contributed by atoms with E-state index < -0.39 is 23.0 Å². The van der Waals surface area contributed by atoms with Crippen LogP contribution in [0.15, 0.2) is 30.3 Å². The van der Waals surface area contributed by atoms with Gasteiger partial charge in [0.2, 0.25) is 0 Å². The predicted molar refractivity (Wildman–Crippen MR) is 77.8 cm³/mol. The second-order valence-corrected chi connectivity index (χ2v) is 5.76. The van der Waals surface area contributed by atoms with Crippen LogP contribution in [-0.4, -0.2) is 34.4 Å². The lowest BCUT2D eigenvalue weighted by Crippen LogP contribution is -2.47. The molecule has 0 aliphatic heterocycles. The van der Waals surface area contributed by atoms with Gasteiger partial charge in [0.15, 0.2) is 5.41 Å². The predicted octanol–water partition coefficient (Wildman–Crippen LogP) is 2.02. The van der Waals surface area contributed by atoms with E-state index in [0.717, 1.165) is 0 Å². The highest BCUT2D eigenvalue weighted by Crippen LogP contribution is 2.34. The molecule has 1 aromatic carbocycles. The Morgan fingerprint density at radius 3 is 2.19 bits per heavy atom. The Labute approximate surface area is 124 Å². The molecule has 0 aliphatic rings. The fourth-order valence-corrected chi connectivity index (χ4v) is 2.40. The summed E-state index contributed by atoms with van der Waals surface area (Å²) in [4.78, 5) is 24.1. The highest BCUT2D eigenvalue weighted by Gasteiger charge is 2.50. The Kier molecular flexibility index (Phi) is 5.49. The van der Waals surface area contributed by atoms with Crippen molar-refractivity contribution >= 4 is 11.9 Å². The minimum Gasteiger partial charge on any atom is -0.480 e. The molecule has 0 amide bonds. The van der Waals surface area contributed by atoms with E-state index in [0.29, 0.717) is 5.56 Å². The van der Waals surface area contributed by atoms with Gasteiger partial charge in [0.05, 0.1) is 12.2 Å². The molecule has 21 heavy (non-hydrogen) atoms. The quantitative estimate of drug-likeness (QED) is 0.594. The van der Waals surface area contributed by atoms with Crippen molar-refractivity contribution in [3.63, 3.8) is 0 Å². The van der Waals surface area contributed by atoms with Gasteiger partial charge in [0.25, 0.3) is 0 Å². The van der Waals surface area contributed by atoms with E-state index in [2.05, 4.69) is 0 Å². The number of carboxylic acids is 1. The molecule has 1 rings (SSSR count). The molecular weight excluding hydrogens is 272 g/mol. The molecule has 5 heteroatoms. The molecule has 0 bridgehead atoms. The van der Waals surface area contributed by atoms with E-state index >= 15 is 0 Å². The zero-order chi connectivity index (χ0) is 16.1. The number of aliphatic carboxylic acids is 1. The Balaban J connectivity index is 3.23. The number of benzene rings is 1. The minimum atomic E-state index is -1.80. The third kappa shape index (κ3) is 4.56. The summed E-state index contributed by atoms with van der Waals surface area (Å²) in [5.41, 5.74) is -2.40. The summed E-state index contributed by atoms with van der Waals surface area (Å²) in [6.45, 7) is 4.68. The lowest BCUT2D eigenvalue weighted by molar-refractivity contribution is -0.173. The summed E-state index contributed by atoms with van der Waals surface area (Å²) in [5.74, 6) is -2.10. The van der Waals surface area contributed by atoms with Crippen LogP contribution in [0.2, 0.25) is 0 Å².